The van der Waals surface area contributed by atoms with Crippen LogP contribution in [0.5, 0.6) is 5.88 Å². The lowest BCUT2D eigenvalue weighted by Gasteiger charge is -2.27. The first-order valence-electron chi connectivity index (χ1n) is 9.99. The number of nitrogens with zero attached hydrogens (tertiary/aromatic N) is 3. The van der Waals surface area contributed by atoms with E-state index < -0.39 is 27.2 Å². The van der Waals surface area contributed by atoms with Crippen molar-refractivity contribution >= 4 is 21.6 Å². The zero-order valence-electron chi connectivity index (χ0n) is 17.6. The van der Waals surface area contributed by atoms with E-state index in [0.29, 0.717) is 19.5 Å². The molecule has 0 N–H and O–H groups in total. The summed E-state index contributed by atoms with van der Waals surface area (Å²) in [5.74, 6) is -1.62. The molecule has 0 atom stereocenters. The largest absolute Gasteiger partial charge is 0.471 e. The smallest absolute Gasteiger partial charge is 0.276 e. The fraction of sp³-hybridized carbons (Fsp3) is 0.273. The monoisotopic (exact) mass is 495 g/mol. The van der Waals surface area contributed by atoms with Gasteiger partial charge in [0.25, 0.3) is 5.56 Å². The van der Waals surface area contributed by atoms with Crippen molar-refractivity contribution in [3.63, 3.8) is 0 Å². The Balaban J connectivity index is 1.48. The first-order chi connectivity index (χ1) is 15.6. The second kappa shape index (κ2) is 9.20. The van der Waals surface area contributed by atoms with E-state index in [1.807, 2.05) is 18.2 Å². The highest BCUT2D eigenvalue weighted by molar-refractivity contribution is 7.88. The Morgan fingerprint density at radius 2 is 1.94 bits per heavy atom. The fourth-order valence-corrected chi connectivity index (χ4v) is 4.61. The zero-order valence-corrected chi connectivity index (χ0v) is 19.2. The van der Waals surface area contributed by atoms with Crippen LogP contribution in [0.4, 0.5) is 8.78 Å². The molecule has 7 nitrogen and oxygen atoms in total. The molecule has 0 aliphatic carbocycles. The van der Waals surface area contributed by atoms with Gasteiger partial charge < -0.3 is 4.74 Å². The van der Waals surface area contributed by atoms with Crippen LogP contribution in [-0.4, -0.2) is 35.1 Å². The summed E-state index contributed by atoms with van der Waals surface area (Å²) in [5, 5.41) is -0.248. The van der Waals surface area contributed by atoms with Gasteiger partial charge in [0.05, 0.1) is 12.8 Å². The van der Waals surface area contributed by atoms with Gasteiger partial charge in [-0.05, 0) is 35.2 Å². The predicted octanol–water partition coefficient (Wildman–Crippen LogP) is 3.12. The molecule has 1 aliphatic rings. The van der Waals surface area contributed by atoms with Gasteiger partial charge in [0.1, 0.15) is 24.6 Å². The van der Waals surface area contributed by atoms with Gasteiger partial charge in [-0.2, -0.15) is 4.31 Å². The van der Waals surface area contributed by atoms with E-state index in [2.05, 4.69) is 4.98 Å². The fourth-order valence-electron chi connectivity index (χ4n) is 3.61. The molecule has 3 aromatic rings. The highest BCUT2D eigenvalue weighted by Crippen LogP contribution is 2.23. The molecule has 174 valence electrons. The molecule has 0 spiro atoms. The number of hydrogen-bond acceptors (Lipinski definition) is 5. The molecule has 2 aromatic carbocycles. The number of hydrogen-bond donors (Lipinski definition) is 0. The SMILES string of the molecule is CS(=O)(=O)N1CCc2cc(Cn3cnc(OCc4ccc(F)cc4F)c(Cl)c3=O)ccc2C1. The highest BCUT2D eigenvalue weighted by Gasteiger charge is 2.23. The number of rotatable bonds is 6. The van der Waals surface area contributed by atoms with Crippen molar-refractivity contribution in [2.45, 2.75) is 26.1 Å². The normalized spacial score (nSPS) is 14.2. The maximum absolute atomic E-state index is 13.8. The van der Waals surface area contributed by atoms with Crippen LogP contribution in [0.1, 0.15) is 22.3 Å². The number of fused-ring (bicyclic) bond motifs is 1. The number of benzene rings is 2. The Labute approximate surface area is 194 Å². The molecule has 0 amide bonds. The van der Waals surface area contributed by atoms with E-state index in [0.717, 1.165) is 28.8 Å². The quantitative estimate of drug-likeness (QED) is 0.525. The van der Waals surface area contributed by atoms with Crippen LogP contribution in [0.25, 0.3) is 0 Å². The van der Waals surface area contributed by atoms with Crippen molar-refractivity contribution < 1.29 is 21.9 Å². The summed E-state index contributed by atoms with van der Waals surface area (Å²) >= 11 is 6.13. The summed E-state index contributed by atoms with van der Waals surface area (Å²) in [6.45, 7) is 0.671. The predicted molar refractivity (Wildman–Crippen MR) is 119 cm³/mol. The van der Waals surface area contributed by atoms with Gasteiger partial charge in [-0.1, -0.05) is 29.8 Å². The van der Waals surface area contributed by atoms with Gasteiger partial charge in [0, 0.05) is 24.7 Å². The third-order valence-corrected chi connectivity index (χ3v) is 6.97. The lowest BCUT2D eigenvalue weighted by molar-refractivity contribution is 0.286. The number of aromatic nitrogens is 2. The first-order valence-corrected chi connectivity index (χ1v) is 12.2. The van der Waals surface area contributed by atoms with Crippen molar-refractivity contribution in [1.29, 1.82) is 0 Å². The molecular weight excluding hydrogens is 476 g/mol. The summed E-state index contributed by atoms with van der Waals surface area (Å²) in [4.78, 5) is 16.7. The van der Waals surface area contributed by atoms with E-state index >= 15 is 0 Å². The lowest BCUT2D eigenvalue weighted by Crippen LogP contribution is -2.35. The molecule has 2 heterocycles. The van der Waals surface area contributed by atoms with Gasteiger partial charge >= 0.3 is 0 Å². The van der Waals surface area contributed by atoms with E-state index in [1.165, 1.54) is 27.5 Å². The van der Waals surface area contributed by atoms with Crippen LogP contribution in [0.15, 0.2) is 47.5 Å². The molecule has 1 aliphatic heterocycles. The lowest BCUT2D eigenvalue weighted by atomic mass is 9.98. The minimum atomic E-state index is -3.25. The number of halogens is 3. The Bertz CT molecular complexity index is 1380. The Kier molecular flexibility index (Phi) is 6.51. The summed E-state index contributed by atoms with van der Waals surface area (Å²) in [5.41, 5.74) is 2.37. The third kappa shape index (κ3) is 5.23. The van der Waals surface area contributed by atoms with Crippen LogP contribution in [0, 0.1) is 11.6 Å². The molecule has 0 saturated carbocycles. The van der Waals surface area contributed by atoms with E-state index in [4.69, 9.17) is 16.3 Å². The van der Waals surface area contributed by atoms with Crippen LogP contribution >= 0.6 is 11.6 Å². The van der Waals surface area contributed by atoms with Crippen LogP contribution in [-0.2, 0) is 36.1 Å². The van der Waals surface area contributed by atoms with Crippen LogP contribution in [0.3, 0.4) is 0 Å². The van der Waals surface area contributed by atoms with E-state index in [-0.39, 0.29) is 29.6 Å². The van der Waals surface area contributed by atoms with Crippen LogP contribution < -0.4 is 10.3 Å². The molecule has 0 fully saturated rings. The molecule has 1 aromatic heterocycles. The molecule has 0 unspecified atom stereocenters. The third-order valence-electron chi connectivity index (χ3n) is 5.40. The molecule has 0 radical (unpaired) electrons. The summed E-state index contributed by atoms with van der Waals surface area (Å²) in [6, 6.07) is 8.71. The average Bonchev–Trinajstić information content (AvgIpc) is 2.76. The molecule has 11 heteroatoms. The zero-order chi connectivity index (χ0) is 23.8. The Hall–Kier alpha value is -2.82. The first kappa shape index (κ1) is 23.3. The second-order valence-electron chi connectivity index (χ2n) is 7.77. The highest BCUT2D eigenvalue weighted by atomic mass is 35.5. The molecule has 0 saturated heterocycles. The maximum atomic E-state index is 13.8. The van der Waals surface area contributed by atoms with E-state index in [1.54, 1.807) is 0 Å². The Morgan fingerprint density at radius 1 is 1.15 bits per heavy atom. The van der Waals surface area contributed by atoms with E-state index in [9.17, 15) is 22.0 Å². The minimum Gasteiger partial charge on any atom is -0.471 e. The molecular formula is C22H20ClF2N3O4S. The van der Waals surface area contributed by atoms with Gasteiger partial charge in [0.2, 0.25) is 15.9 Å². The van der Waals surface area contributed by atoms with Gasteiger partial charge in [-0.25, -0.2) is 22.2 Å². The maximum Gasteiger partial charge on any atom is 0.276 e. The van der Waals surface area contributed by atoms with Crippen molar-refractivity contribution in [2.24, 2.45) is 0 Å². The van der Waals surface area contributed by atoms with Gasteiger partial charge in [-0.15, -0.1) is 0 Å². The minimum absolute atomic E-state index is 0.0990. The number of sulfonamides is 1. The molecule has 0 bridgehead atoms. The van der Waals surface area contributed by atoms with Crippen molar-refractivity contribution in [1.82, 2.24) is 13.9 Å². The topological polar surface area (TPSA) is 81.5 Å². The number of ether oxygens (including phenoxy) is 1. The van der Waals surface area contributed by atoms with Crippen molar-refractivity contribution in [3.8, 4) is 5.88 Å². The van der Waals surface area contributed by atoms with Crippen molar-refractivity contribution in [2.75, 3.05) is 12.8 Å². The van der Waals surface area contributed by atoms with Crippen molar-refractivity contribution in [3.05, 3.63) is 92.0 Å². The molecule has 33 heavy (non-hydrogen) atoms. The summed E-state index contributed by atoms with van der Waals surface area (Å²) in [6.07, 6.45) is 3.06. The summed E-state index contributed by atoms with van der Waals surface area (Å²) < 4.78 is 58.5. The van der Waals surface area contributed by atoms with Crippen LogP contribution in [0.2, 0.25) is 5.02 Å². The molecule has 4 rings (SSSR count). The summed E-state index contributed by atoms with van der Waals surface area (Å²) in [7, 11) is -3.25. The average molecular weight is 496 g/mol. The van der Waals surface area contributed by atoms with Gasteiger partial charge in [-0.3, -0.25) is 9.36 Å². The second-order valence-corrected chi connectivity index (χ2v) is 10.1. The Morgan fingerprint density at radius 3 is 2.67 bits per heavy atom. The van der Waals surface area contributed by atoms with Gasteiger partial charge in [0.15, 0.2) is 5.02 Å². The standard InChI is InChI=1S/C22H20ClF2N3O4S/c1-33(30,31)28-7-6-15-8-14(2-3-16(15)11-28)10-27-13-26-21(20(23)22(27)29)32-12-17-4-5-18(24)9-19(17)25/h2-5,8-9,13H,6-7,10-12H2,1H3.